The Hall–Kier alpha value is -4.38. The first kappa shape index (κ1) is 20.9. The quantitative estimate of drug-likeness (QED) is 0.304. The molecule has 0 aliphatic rings. The average molecular weight is 432 g/mol. The van der Waals surface area contributed by atoms with Crippen molar-refractivity contribution in [2.24, 2.45) is 5.10 Å². The second-order valence-corrected chi connectivity index (χ2v) is 6.99. The molecule has 0 aliphatic carbocycles. The number of anilines is 1. The van der Waals surface area contributed by atoms with Gasteiger partial charge in [0.05, 0.1) is 11.4 Å². The highest BCUT2D eigenvalue weighted by Gasteiger charge is 2.40. The van der Waals surface area contributed by atoms with Gasteiger partial charge in [0.1, 0.15) is 5.69 Å². The van der Waals surface area contributed by atoms with Crippen LogP contribution in [0.5, 0.6) is 0 Å². The Labute approximate surface area is 182 Å². The number of aliphatic hydroxyl groups is 1. The summed E-state index contributed by atoms with van der Waals surface area (Å²) in [6, 6.07) is 17.3. The summed E-state index contributed by atoms with van der Waals surface area (Å²) in [4.78, 5) is 13.2. The molecule has 4 rings (SSSR count). The summed E-state index contributed by atoms with van der Waals surface area (Å²) in [6.07, 6.45) is 0. The second kappa shape index (κ2) is 8.40. The molecule has 32 heavy (non-hydrogen) atoms. The molecule has 2 aromatic carbocycles. The fourth-order valence-corrected chi connectivity index (χ4v) is 3.31. The number of carbonyl (C=O) groups is 1. The van der Waals surface area contributed by atoms with E-state index in [0.29, 0.717) is 28.2 Å². The lowest BCUT2D eigenvalue weighted by Gasteiger charge is -2.27. The van der Waals surface area contributed by atoms with Gasteiger partial charge < -0.3 is 10.8 Å². The number of carbonyl (C=O) groups excluding carboxylic acids is 1. The van der Waals surface area contributed by atoms with Crippen molar-refractivity contribution in [1.29, 1.82) is 0 Å². The number of benzene rings is 2. The molecule has 0 spiro atoms. The van der Waals surface area contributed by atoms with Gasteiger partial charge in [0.25, 0.3) is 5.91 Å². The van der Waals surface area contributed by atoms with Gasteiger partial charge >= 0.3 is 0 Å². The Morgan fingerprint density at radius 3 is 2.22 bits per heavy atom. The molecule has 0 aliphatic heterocycles. The molecule has 4 aromatic rings. The van der Waals surface area contributed by atoms with E-state index in [1.165, 1.54) is 4.68 Å². The number of nitrogen functional groups attached to an aromatic ring is 1. The fraction of sp³-hybridized carbons (Fsp3) is 0.143. The number of aryl methyl sites for hydroxylation is 1. The molecule has 162 valence electrons. The van der Waals surface area contributed by atoms with E-state index in [9.17, 15) is 9.90 Å². The van der Waals surface area contributed by atoms with E-state index in [1.54, 1.807) is 74.5 Å². The SMILES string of the molecule is C/C(=N\NC(=O)C(O)(c1ccccc1)c1ccccc1)c1c(C)nnn1-c1nonc1N. The first-order chi connectivity index (χ1) is 15.4. The predicted molar refractivity (Wildman–Crippen MR) is 115 cm³/mol. The van der Waals surface area contributed by atoms with Crippen molar-refractivity contribution in [3.05, 3.63) is 83.2 Å². The smallest absolute Gasteiger partial charge is 0.281 e. The number of rotatable bonds is 6. The van der Waals surface area contributed by atoms with Crippen LogP contribution in [0.15, 0.2) is 70.4 Å². The van der Waals surface area contributed by atoms with Crippen LogP contribution >= 0.6 is 0 Å². The minimum atomic E-state index is -1.96. The van der Waals surface area contributed by atoms with Crippen LogP contribution in [0.25, 0.3) is 5.82 Å². The zero-order chi connectivity index (χ0) is 22.7. The van der Waals surface area contributed by atoms with E-state index in [0.717, 1.165) is 0 Å². The monoisotopic (exact) mass is 432 g/mol. The summed E-state index contributed by atoms with van der Waals surface area (Å²) in [6.45, 7) is 3.36. The van der Waals surface area contributed by atoms with Gasteiger partial charge in [-0.1, -0.05) is 65.9 Å². The Bertz CT molecular complexity index is 1230. The molecule has 2 aromatic heterocycles. The van der Waals surface area contributed by atoms with Crippen LogP contribution in [0, 0.1) is 6.92 Å². The lowest BCUT2D eigenvalue weighted by Crippen LogP contribution is -2.44. The summed E-state index contributed by atoms with van der Waals surface area (Å²) in [5.41, 5.74) is 8.38. The maximum atomic E-state index is 13.2. The molecule has 0 saturated heterocycles. The molecule has 0 radical (unpaired) electrons. The number of nitrogens with one attached hydrogen (secondary N) is 1. The van der Waals surface area contributed by atoms with Gasteiger partial charge in [-0.15, -0.1) is 5.10 Å². The highest BCUT2D eigenvalue weighted by atomic mass is 16.6. The van der Waals surface area contributed by atoms with Crippen molar-refractivity contribution < 1.29 is 14.5 Å². The van der Waals surface area contributed by atoms with E-state index < -0.39 is 11.5 Å². The van der Waals surface area contributed by atoms with Crippen LogP contribution in [0.4, 0.5) is 5.82 Å². The minimum absolute atomic E-state index is 0.0236. The van der Waals surface area contributed by atoms with Crippen molar-refractivity contribution in [3.8, 4) is 5.82 Å². The summed E-state index contributed by atoms with van der Waals surface area (Å²) < 4.78 is 5.94. The molecule has 2 heterocycles. The highest BCUT2D eigenvalue weighted by Crippen LogP contribution is 2.30. The van der Waals surface area contributed by atoms with E-state index in [4.69, 9.17) is 5.73 Å². The van der Waals surface area contributed by atoms with Gasteiger partial charge in [-0.3, -0.25) is 4.79 Å². The van der Waals surface area contributed by atoms with Crippen molar-refractivity contribution >= 4 is 17.4 Å². The number of nitrogens with zero attached hydrogens (tertiary/aromatic N) is 6. The summed E-state index contributed by atoms with van der Waals surface area (Å²) in [5.74, 6) is -0.560. The predicted octanol–water partition coefficient (Wildman–Crippen LogP) is 1.32. The molecular weight excluding hydrogens is 412 g/mol. The third kappa shape index (κ3) is 3.61. The molecular formula is C21H20N8O3. The van der Waals surface area contributed by atoms with Crippen molar-refractivity contribution in [1.82, 2.24) is 30.7 Å². The molecule has 0 unspecified atom stereocenters. The van der Waals surface area contributed by atoms with Gasteiger partial charge in [0, 0.05) is 0 Å². The van der Waals surface area contributed by atoms with E-state index in [1.807, 2.05) is 0 Å². The lowest BCUT2D eigenvalue weighted by atomic mass is 9.85. The molecule has 1 amide bonds. The number of hydrazone groups is 1. The van der Waals surface area contributed by atoms with E-state index >= 15 is 0 Å². The summed E-state index contributed by atoms with van der Waals surface area (Å²) in [7, 11) is 0. The van der Waals surface area contributed by atoms with Crippen molar-refractivity contribution in [3.63, 3.8) is 0 Å². The van der Waals surface area contributed by atoms with Crippen LogP contribution < -0.4 is 11.2 Å². The molecule has 0 fully saturated rings. The van der Waals surface area contributed by atoms with E-state index in [-0.39, 0.29) is 11.6 Å². The standard InChI is InChI=1S/C21H20N8O3/c1-13(17-14(2)24-28-29(17)19-18(22)26-32-27-19)23-25-20(30)21(31,15-9-5-3-6-10-15)16-11-7-4-8-12-16/h3-12,31H,1-2H3,(H2,22,26)(H,25,30)/b23-13+. The van der Waals surface area contributed by atoms with Crippen molar-refractivity contribution in [2.75, 3.05) is 5.73 Å². The average Bonchev–Trinajstić information content (AvgIpc) is 3.42. The Balaban J connectivity index is 1.69. The van der Waals surface area contributed by atoms with Gasteiger partial charge in [-0.2, -0.15) is 9.78 Å². The molecule has 4 N–H and O–H groups in total. The van der Waals surface area contributed by atoms with Crippen LogP contribution in [-0.2, 0) is 10.4 Å². The fourth-order valence-electron chi connectivity index (χ4n) is 3.31. The van der Waals surface area contributed by atoms with Crippen LogP contribution in [0.1, 0.15) is 29.4 Å². The number of aromatic nitrogens is 5. The van der Waals surface area contributed by atoms with Crippen LogP contribution in [0.2, 0.25) is 0 Å². The van der Waals surface area contributed by atoms with Crippen LogP contribution in [-0.4, -0.2) is 42.0 Å². The van der Waals surface area contributed by atoms with Crippen molar-refractivity contribution in [2.45, 2.75) is 19.4 Å². The van der Waals surface area contributed by atoms with Gasteiger partial charge in [-0.05, 0) is 35.3 Å². The molecule has 0 bridgehead atoms. The minimum Gasteiger partial charge on any atom is -0.378 e. The zero-order valence-corrected chi connectivity index (χ0v) is 17.3. The lowest BCUT2D eigenvalue weighted by molar-refractivity contribution is -0.136. The summed E-state index contributed by atoms with van der Waals surface area (Å²) in [5, 5.41) is 30.9. The number of hydrogen-bond acceptors (Lipinski definition) is 9. The van der Waals surface area contributed by atoms with Gasteiger partial charge in [-0.25, -0.2) is 10.1 Å². The third-order valence-electron chi connectivity index (χ3n) is 4.91. The zero-order valence-electron chi connectivity index (χ0n) is 17.3. The normalized spacial score (nSPS) is 12.0. The third-order valence-corrected chi connectivity index (χ3v) is 4.91. The maximum absolute atomic E-state index is 13.2. The summed E-state index contributed by atoms with van der Waals surface area (Å²) >= 11 is 0. The largest absolute Gasteiger partial charge is 0.378 e. The van der Waals surface area contributed by atoms with E-state index in [2.05, 4.69) is 35.8 Å². The highest BCUT2D eigenvalue weighted by molar-refractivity contribution is 6.00. The molecule has 0 atom stereocenters. The Morgan fingerprint density at radius 1 is 1.09 bits per heavy atom. The molecule has 11 heteroatoms. The molecule has 0 saturated carbocycles. The number of nitrogens with two attached hydrogens (primary N) is 1. The Kier molecular flexibility index (Phi) is 5.48. The number of amides is 1. The van der Waals surface area contributed by atoms with Gasteiger partial charge in [0.15, 0.2) is 5.60 Å². The molecule has 11 nitrogen and oxygen atoms in total. The number of hydrogen-bond donors (Lipinski definition) is 3. The Morgan fingerprint density at radius 2 is 1.69 bits per heavy atom. The first-order valence-corrected chi connectivity index (χ1v) is 9.62. The van der Waals surface area contributed by atoms with Crippen LogP contribution in [0.3, 0.4) is 0 Å². The maximum Gasteiger partial charge on any atom is 0.281 e. The topological polar surface area (TPSA) is 157 Å². The first-order valence-electron chi connectivity index (χ1n) is 9.62. The second-order valence-electron chi connectivity index (χ2n) is 6.99. The van der Waals surface area contributed by atoms with Gasteiger partial charge in [0.2, 0.25) is 11.6 Å².